The van der Waals surface area contributed by atoms with Gasteiger partial charge in [-0.2, -0.15) is 21.6 Å². The van der Waals surface area contributed by atoms with Crippen LogP contribution in [0.4, 0.5) is 13.2 Å². The summed E-state index contributed by atoms with van der Waals surface area (Å²) >= 11 is 0. The summed E-state index contributed by atoms with van der Waals surface area (Å²) in [6.07, 6.45) is 1.74. The maximum absolute atomic E-state index is 11.6. The normalized spacial score (nSPS) is 12.2. The van der Waals surface area contributed by atoms with Crippen molar-refractivity contribution in [2.24, 2.45) is 0 Å². The van der Waals surface area contributed by atoms with Crippen molar-refractivity contribution in [1.29, 1.82) is 0 Å². The van der Waals surface area contributed by atoms with Crippen LogP contribution in [0, 0.1) is 0 Å². The van der Waals surface area contributed by atoms with Crippen molar-refractivity contribution in [3.8, 4) is 0 Å². The molecule has 0 aromatic heterocycles. The van der Waals surface area contributed by atoms with Crippen molar-refractivity contribution in [2.45, 2.75) is 51.3 Å². The minimum atomic E-state index is -5.38. The molecule has 0 spiro atoms. The zero-order chi connectivity index (χ0) is 14.1. The SMILES string of the molecule is CCCCCOS(=O)(=O)C(F)(F)F.C[SiH](C)C. The van der Waals surface area contributed by atoms with Crippen molar-refractivity contribution < 1.29 is 25.8 Å². The van der Waals surface area contributed by atoms with E-state index in [9.17, 15) is 21.6 Å². The Bertz CT molecular complexity index is 273. The summed E-state index contributed by atoms with van der Waals surface area (Å²) < 4.78 is 59.2. The second-order valence-corrected chi connectivity index (χ2v) is 9.23. The summed E-state index contributed by atoms with van der Waals surface area (Å²) in [4.78, 5) is 0. The van der Waals surface area contributed by atoms with E-state index in [4.69, 9.17) is 0 Å². The molecule has 0 saturated heterocycles. The van der Waals surface area contributed by atoms with E-state index in [-0.39, 0.29) is 8.80 Å². The predicted molar refractivity (Wildman–Crippen MR) is 65.2 cm³/mol. The minimum Gasteiger partial charge on any atom is -0.263 e. The fraction of sp³-hybridized carbons (Fsp3) is 1.00. The van der Waals surface area contributed by atoms with Crippen LogP contribution in [-0.4, -0.2) is 29.3 Å². The van der Waals surface area contributed by atoms with Crippen LogP contribution in [0.1, 0.15) is 26.2 Å². The van der Waals surface area contributed by atoms with Gasteiger partial charge in [0.1, 0.15) is 0 Å². The van der Waals surface area contributed by atoms with Gasteiger partial charge in [-0.3, -0.25) is 4.18 Å². The molecule has 0 aromatic carbocycles. The lowest BCUT2D eigenvalue weighted by Gasteiger charge is -2.07. The van der Waals surface area contributed by atoms with Crippen molar-refractivity contribution in [3.63, 3.8) is 0 Å². The van der Waals surface area contributed by atoms with E-state index >= 15 is 0 Å². The van der Waals surface area contributed by atoms with Crippen molar-refractivity contribution in [1.82, 2.24) is 0 Å². The fourth-order valence-corrected chi connectivity index (χ4v) is 1.06. The van der Waals surface area contributed by atoms with E-state index in [1.807, 2.05) is 6.92 Å². The zero-order valence-electron chi connectivity index (χ0n) is 10.7. The molecule has 0 N–H and O–H groups in total. The molecule has 0 aliphatic heterocycles. The molecule has 8 heteroatoms. The van der Waals surface area contributed by atoms with Gasteiger partial charge in [0.2, 0.25) is 0 Å². The average molecular weight is 294 g/mol. The summed E-state index contributed by atoms with van der Waals surface area (Å²) in [5, 5.41) is 0. The molecule has 0 atom stereocenters. The highest BCUT2D eigenvalue weighted by molar-refractivity contribution is 7.87. The molecular formula is C9H21F3O3SSi. The molecule has 0 rings (SSSR count). The van der Waals surface area contributed by atoms with Gasteiger partial charge in [0.15, 0.2) is 0 Å². The van der Waals surface area contributed by atoms with Crippen LogP contribution in [0.15, 0.2) is 0 Å². The van der Waals surface area contributed by atoms with Crippen LogP contribution in [0.5, 0.6) is 0 Å². The molecule has 0 radical (unpaired) electrons. The van der Waals surface area contributed by atoms with Gasteiger partial charge in [-0.15, -0.1) is 0 Å². The number of alkyl halides is 3. The Morgan fingerprint density at radius 2 is 1.53 bits per heavy atom. The Morgan fingerprint density at radius 3 is 1.82 bits per heavy atom. The van der Waals surface area contributed by atoms with Crippen LogP contribution in [0.25, 0.3) is 0 Å². The molecule has 3 nitrogen and oxygen atoms in total. The molecule has 106 valence electrons. The average Bonchev–Trinajstić information content (AvgIpc) is 2.09. The Kier molecular flexibility index (Phi) is 10.1. The maximum atomic E-state index is 11.6. The van der Waals surface area contributed by atoms with Crippen LogP contribution in [-0.2, 0) is 14.3 Å². The summed E-state index contributed by atoms with van der Waals surface area (Å²) in [7, 11) is -5.52. The van der Waals surface area contributed by atoms with Crippen LogP contribution < -0.4 is 0 Å². The van der Waals surface area contributed by atoms with Crippen molar-refractivity contribution in [2.75, 3.05) is 6.61 Å². The van der Waals surface area contributed by atoms with E-state index in [0.717, 1.165) is 6.42 Å². The molecule has 0 aromatic rings. The third-order valence-corrected chi connectivity index (χ3v) is 2.31. The van der Waals surface area contributed by atoms with E-state index in [1.54, 1.807) is 0 Å². The Balaban J connectivity index is 0. The van der Waals surface area contributed by atoms with E-state index in [0.29, 0.717) is 12.8 Å². The summed E-state index contributed by atoms with van der Waals surface area (Å²) in [6, 6.07) is 0. The molecule has 0 aliphatic rings. The monoisotopic (exact) mass is 294 g/mol. The van der Waals surface area contributed by atoms with E-state index in [2.05, 4.69) is 23.8 Å². The maximum Gasteiger partial charge on any atom is 0.523 e. The summed E-state index contributed by atoms with van der Waals surface area (Å²) in [5.41, 5.74) is -5.31. The first-order valence-electron chi connectivity index (χ1n) is 5.50. The Hall–Kier alpha value is -0.0831. The van der Waals surface area contributed by atoms with Crippen molar-refractivity contribution >= 4 is 18.9 Å². The summed E-state index contributed by atoms with van der Waals surface area (Å²) in [5.74, 6) is 0. The molecule has 0 fully saturated rings. The molecular weight excluding hydrogens is 273 g/mol. The third kappa shape index (κ3) is 12.2. The van der Waals surface area contributed by atoms with Gasteiger partial charge in [-0.25, -0.2) is 0 Å². The number of hydrogen-bond acceptors (Lipinski definition) is 3. The Labute approximate surface area is 103 Å². The molecule has 0 bridgehead atoms. The quantitative estimate of drug-likeness (QED) is 0.338. The second kappa shape index (κ2) is 8.93. The fourth-order valence-electron chi connectivity index (χ4n) is 0.588. The zero-order valence-corrected chi connectivity index (χ0v) is 12.6. The van der Waals surface area contributed by atoms with Gasteiger partial charge < -0.3 is 0 Å². The van der Waals surface area contributed by atoms with Crippen LogP contribution in [0.2, 0.25) is 19.6 Å². The molecule has 0 heterocycles. The lowest BCUT2D eigenvalue weighted by atomic mass is 10.3. The molecule has 0 saturated carbocycles. The van der Waals surface area contributed by atoms with Gasteiger partial charge in [-0.1, -0.05) is 39.4 Å². The van der Waals surface area contributed by atoms with E-state index < -0.39 is 22.2 Å². The molecule has 0 amide bonds. The first-order chi connectivity index (χ1) is 7.54. The second-order valence-electron chi connectivity index (χ2n) is 4.16. The van der Waals surface area contributed by atoms with Crippen LogP contribution in [0.3, 0.4) is 0 Å². The van der Waals surface area contributed by atoms with Gasteiger partial charge in [0.25, 0.3) is 0 Å². The van der Waals surface area contributed by atoms with Crippen molar-refractivity contribution in [3.05, 3.63) is 0 Å². The molecule has 0 unspecified atom stereocenters. The van der Waals surface area contributed by atoms with Gasteiger partial charge in [-0.05, 0) is 6.42 Å². The highest BCUT2D eigenvalue weighted by Gasteiger charge is 2.47. The summed E-state index contributed by atoms with van der Waals surface area (Å²) in [6.45, 7) is 8.36. The standard InChI is InChI=1S/C6H11F3O3S.C3H10Si/c1-2-3-4-5-12-13(10,11)6(7,8)9;1-4(2)3/h2-5H2,1H3;4H,1-3H3. The number of rotatable bonds is 5. The molecule has 17 heavy (non-hydrogen) atoms. The third-order valence-electron chi connectivity index (χ3n) is 1.27. The van der Waals surface area contributed by atoms with Gasteiger partial charge >= 0.3 is 15.6 Å². The van der Waals surface area contributed by atoms with Gasteiger partial charge in [0, 0.05) is 8.80 Å². The first kappa shape index (κ1) is 19.3. The number of hydrogen-bond donors (Lipinski definition) is 0. The predicted octanol–water partition coefficient (Wildman–Crippen LogP) is 3.15. The largest absolute Gasteiger partial charge is 0.523 e. The highest BCUT2D eigenvalue weighted by Crippen LogP contribution is 2.24. The highest BCUT2D eigenvalue weighted by atomic mass is 32.2. The minimum absolute atomic E-state index is 0.139. The molecule has 0 aliphatic carbocycles. The van der Waals surface area contributed by atoms with Gasteiger partial charge in [0.05, 0.1) is 6.61 Å². The Morgan fingerprint density at radius 1 is 1.12 bits per heavy atom. The van der Waals surface area contributed by atoms with Crippen LogP contribution >= 0.6 is 0 Å². The lowest BCUT2D eigenvalue weighted by molar-refractivity contribution is -0.0542. The first-order valence-corrected chi connectivity index (χ1v) is 10.4. The topological polar surface area (TPSA) is 43.4 Å². The lowest BCUT2D eigenvalue weighted by Crippen LogP contribution is -2.25. The van der Waals surface area contributed by atoms with E-state index in [1.165, 1.54) is 0 Å². The number of unbranched alkanes of at least 4 members (excludes halogenated alkanes) is 2. The number of halogens is 3. The smallest absolute Gasteiger partial charge is 0.263 e.